The Kier molecular flexibility index (Phi) is 9.85. The van der Waals surface area contributed by atoms with Crippen LogP contribution >= 0.6 is 0 Å². The molecule has 39 heavy (non-hydrogen) atoms. The van der Waals surface area contributed by atoms with Gasteiger partial charge in [-0.2, -0.15) is 8.78 Å². The molecular formula is C28H28F4N2O4S. The van der Waals surface area contributed by atoms with Crippen LogP contribution in [-0.4, -0.2) is 26.0 Å². The van der Waals surface area contributed by atoms with Gasteiger partial charge in [0, 0.05) is 11.6 Å². The van der Waals surface area contributed by atoms with E-state index in [1.54, 1.807) is 26.0 Å². The van der Waals surface area contributed by atoms with Crippen LogP contribution in [0.5, 0.6) is 5.75 Å². The van der Waals surface area contributed by atoms with Crippen molar-refractivity contribution in [3.8, 4) is 5.75 Å². The van der Waals surface area contributed by atoms with Crippen molar-refractivity contribution in [1.82, 2.24) is 0 Å². The highest BCUT2D eigenvalue weighted by atomic mass is 32.2. The molecule has 0 aliphatic carbocycles. The van der Waals surface area contributed by atoms with Gasteiger partial charge in [0.2, 0.25) is 9.84 Å². The van der Waals surface area contributed by atoms with Crippen LogP contribution < -0.4 is 10.1 Å². The summed E-state index contributed by atoms with van der Waals surface area (Å²) in [6, 6.07) is 12.7. The van der Waals surface area contributed by atoms with E-state index in [9.17, 15) is 30.8 Å². The van der Waals surface area contributed by atoms with Gasteiger partial charge in [0.1, 0.15) is 28.0 Å². The third kappa shape index (κ3) is 7.44. The lowest BCUT2D eigenvalue weighted by Crippen LogP contribution is -2.23. The average molecular weight is 565 g/mol. The van der Waals surface area contributed by atoms with E-state index >= 15 is 0 Å². The third-order valence-electron chi connectivity index (χ3n) is 5.96. The molecule has 0 fully saturated rings. The first-order valence-electron chi connectivity index (χ1n) is 12.1. The molecular weight excluding hydrogens is 536 g/mol. The first-order chi connectivity index (χ1) is 18.4. The van der Waals surface area contributed by atoms with Gasteiger partial charge in [-0.25, -0.2) is 17.2 Å². The quantitative estimate of drug-likeness (QED) is 0.164. The number of anilines is 1. The normalized spacial score (nSPS) is 12.9. The lowest BCUT2D eigenvalue weighted by molar-refractivity contribution is -0.0500. The van der Waals surface area contributed by atoms with Gasteiger partial charge in [-0.15, -0.1) is 0 Å². The number of alkyl halides is 2. The fourth-order valence-corrected chi connectivity index (χ4v) is 5.68. The number of hydrogen-bond acceptors (Lipinski definition) is 5. The molecule has 11 heteroatoms. The maximum atomic E-state index is 13.9. The van der Waals surface area contributed by atoms with E-state index < -0.39 is 45.5 Å². The zero-order valence-corrected chi connectivity index (χ0v) is 22.4. The maximum Gasteiger partial charge on any atom is 0.387 e. The summed E-state index contributed by atoms with van der Waals surface area (Å²) in [5.41, 5.74) is 0.886. The molecule has 0 bridgehead atoms. The monoisotopic (exact) mass is 564 g/mol. The van der Waals surface area contributed by atoms with Gasteiger partial charge in [0.15, 0.2) is 0 Å². The number of ether oxygens (including phenoxy) is 1. The summed E-state index contributed by atoms with van der Waals surface area (Å²) in [5, 5.41) is 2.36. The fourth-order valence-electron chi connectivity index (χ4n) is 4.02. The predicted octanol–water partition coefficient (Wildman–Crippen LogP) is 6.94. The Hall–Kier alpha value is -3.73. The number of aliphatic imine (C=N–C) groups is 1. The number of rotatable bonds is 10. The Morgan fingerprint density at radius 2 is 1.69 bits per heavy atom. The summed E-state index contributed by atoms with van der Waals surface area (Å²) in [4.78, 5) is 16.6. The molecule has 1 unspecified atom stereocenters. The van der Waals surface area contributed by atoms with E-state index in [1.165, 1.54) is 24.3 Å². The Bertz CT molecular complexity index is 1460. The minimum Gasteiger partial charge on any atom is -0.435 e. The smallest absolute Gasteiger partial charge is 0.387 e. The number of nitrogens with one attached hydrogen (secondary N) is 1. The number of amides is 1. The predicted molar refractivity (Wildman–Crippen MR) is 141 cm³/mol. The van der Waals surface area contributed by atoms with E-state index in [0.717, 1.165) is 24.3 Å². The molecule has 1 N–H and O–H groups in total. The van der Waals surface area contributed by atoms with Gasteiger partial charge in [-0.3, -0.25) is 9.79 Å². The zero-order chi connectivity index (χ0) is 28.7. The number of sulfone groups is 1. The van der Waals surface area contributed by atoms with Crippen molar-refractivity contribution in [2.24, 2.45) is 10.9 Å². The number of nitrogens with zero attached hydrogens (tertiary/aromatic N) is 1. The van der Waals surface area contributed by atoms with E-state index in [0.29, 0.717) is 24.0 Å². The summed E-state index contributed by atoms with van der Waals surface area (Å²) in [5.74, 6) is -3.66. The molecule has 0 spiro atoms. The highest BCUT2D eigenvalue weighted by Crippen LogP contribution is 2.26. The van der Waals surface area contributed by atoms with Crippen LogP contribution in [-0.2, 0) is 16.4 Å². The Balaban J connectivity index is 1.88. The second kappa shape index (κ2) is 12.9. The number of aryl methyl sites for hydroxylation is 1. The molecule has 1 atom stereocenters. The summed E-state index contributed by atoms with van der Waals surface area (Å²) in [6.45, 7) is 2.24. The van der Waals surface area contributed by atoms with Crippen LogP contribution in [0, 0.1) is 24.5 Å². The van der Waals surface area contributed by atoms with E-state index in [4.69, 9.17) is 0 Å². The van der Waals surface area contributed by atoms with Crippen LogP contribution in [0.1, 0.15) is 48.2 Å². The van der Waals surface area contributed by atoms with Crippen molar-refractivity contribution in [3.05, 3.63) is 89.0 Å². The topological polar surface area (TPSA) is 84.8 Å². The summed E-state index contributed by atoms with van der Waals surface area (Å²) >= 11 is 0. The van der Waals surface area contributed by atoms with Crippen molar-refractivity contribution in [1.29, 1.82) is 0 Å². The van der Waals surface area contributed by atoms with Crippen molar-refractivity contribution in [2.75, 3.05) is 5.32 Å². The van der Waals surface area contributed by atoms with Crippen LogP contribution in [0.2, 0.25) is 0 Å². The molecule has 0 aliphatic rings. The van der Waals surface area contributed by atoms with Crippen LogP contribution in [0.15, 0.2) is 70.6 Å². The largest absolute Gasteiger partial charge is 0.435 e. The average Bonchev–Trinajstić information content (AvgIpc) is 2.85. The van der Waals surface area contributed by atoms with E-state index in [1.807, 2.05) is 6.92 Å². The molecule has 208 valence electrons. The highest BCUT2D eigenvalue weighted by Gasteiger charge is 2.28. The molecule has 1 amide bonds. The van der Waals surface area contributed by atoms with Gasteiger partial charge in [-0.1, -0.05) is 38.5 Å². The van der Waals surface area contributed by atoms with Crippen LogP contribution in [0.25, 0.3) is 0 Å². The maximum absolute atomic E-state index is 13.9. The second-order valence-corrected chi connectivity index (χ2v) is 10.8. The lowest BCUT2D eigenvalue weighted by atomic mass is 10.1. The Morgan fingerprint density at radius 1 is 1.03 bits per heavy atom. The fraction of sp³-hybridized carbons (Fsp3) is 0.286. The molecule has 0 saturated carbocycles. The molecule has 0 aromatic heterocycles. The Labute approximate surface area is 224 Å². The number of carbonyl (C=O) groups excluding carboxylic acids is 1. The van der Waals surface area contributed by atoms with Gasteiger partial charge in [-0.05, 0) is 66.9 Å². The molecule has 3 aromatic carbocycles. The van der Waals surface area contributed by atoms with Crippen molar-refractivity contribution in [3.63, 3.8) is 0 Å². The molecule has 6 nitrogen and oxygen atoms in total. The van der Waals surface area contributed by atoms with Gasteiger partial charge >= 0.3 is 6.61 Å². The van der Waals surface area contributed by atoms with Gasteiger partial charge < -0.3 is 10.1 Å². The first-order valence-corrected chi connectivity index (χ1v) is 13.6. The molecule has 3 aromatic rings. The SMILES string of the molecule is CCCC(C)C(=NCc1ccc(NC(=O)c2c(F)cccc2F)cc1C)S(=O)(=O)c1cccc(OC(F)F)c1. The standard InChI is InChI=1S/C28H28F4N2O4S/c1-4-7-17(2)27(39(36,37)22-9-5-8-21(15-22)38-28(31)32)33-16-19-12-13-20(14-18(19)3)34-26(35)25-23(29)10-6-11-24(25)30/h5-6,8-15,17,28H,4,7,16H2,1-3H3,(H,34,35). The molecule has 0 radical (unpaired) electrons. The van der Waals surface area contributed by atoms with Crippen molar-refractivity contribution in [2.45, 2.75) is 51.7 Å². The Morgan fingerprint density at radius 3 is 2.31 bits per heavy atom. The highest BCUT2D eigenvalue weighted by molar-refractivity contribution is 8.06. The van der Waals surface area contributed by atoms with Gasteiger partial charge in [0.05, 0.1) is 11.4 Å². The van der Waals surface area contributed by atoms with E-state index in [2.05, 4.69) is 15.0 Å². The third-order valence-corrected chi connectivity index (χ3v) is 7.91. The number of carbonyl (C=O) groups is 1. The molecule has 3 rings (SSSR count). The van der Waals surface area contributed by atoms with E-state index in [-0.39, 0.29) is 27.9 Å². The summed E-state index contributed by atoms with van der Waals surface area (Å²) < 4.78 is 84.5. The first kappa shape index (κ1) is 29.8. The number of benzene rings is 3. The number of halogens is 4. The minimum absolute atomic E-state index is 0.0160. The molecule has 0 aliphatic heterocycles. The summed E-state index contributed by atoms with van der Waals surface area (Å²) in [6.07, 6.45) is 1.22. The molecule has 0 saturated heterocycles. The van der Waals surface area contributed by atoms with Crippen LogP contribution in [0.4, 0.5) is 23.2 Å². The number of hydrogen-bond donors (Lipinski definition) is 1. The zero-order valence-electron chi connectivity index (χ0n) is 21.5. The summed E-state index contributed by atoms with van der Waals surface area (Å²) in [7, 11) is -4.13. The van der Waals surface area contributed by atoms with Gasteiger partial charge in [0.25, 0.3) is 5.91 Å². The lowest BCUT2D eigenvalue weighted by Gasteiger charge is -2.16. The minimum atomic E-state index is -4.13. The van der Waals surface area contributed by atoms with Crippen molar-refractivity contribution < 1.29 is 35.5 Å². The van der Waals surface area contributed by atoms with Crippen molar-refractivity contribution >= 4 is 26.5 Å². The van der Waals surface area contributed by atoms with Crippen LogP contribution in [0.3, 0.4) is 0 Å². The molecule has 0 heterocycles. The second-order valence-electron chi connectivity index (χ2n) is 8.89.